The van der Waals surface area contributed by atoms with Crippen LogP contribution in [0.3, 0.4) is 0 Å². The van der Waals surface area contributed by atoms with Gasteiger partial charge in [-0.2, -0.15) is 0 Å². The number of methoxy groups -OCH3 is 2. The van der Waals surface area contributed by atoms with Crippen LogP contribution in [-0.2, 0) is 9.47 Å². The highest BCUT2D eigenvalue weighted by Crippen LogP contribution is 2.25. The maximum atomic E-state index is 11.5. The first-order valence-corrected chi connectivity index (χ1v) is 6.83. The van der Waals surface area contributed by atoms with Crippen molar-refractivity contribution < 1.29 is 14.3 Å². The molecular weight excluding hydrogens is 280 g/mol. The van der Waals surface area contributed by atoms with Crippen LogP contribution in [0.5, 0.6) is 0 Å². The van der Waals surface area contributed by atoms with Gasteiger partial charge in [-0.15, -0.1) is 0 Å². The maximum absolute atomic E-state index is 11.5. The number of nitrogens with two attached hydrogens (primary N) is 1. The summed E-state index contributed by atoms with van der Waals surface area (Å²) in [6.45, 7) is 1.16. The van der Waals surface area contributed by atoms with Gasteiger partial charge in [-0.1, -0.05) is 11.6 Å². The Kier molecular flexibility index (Phi) is 7.36. The van der Waals surface area contributed by atoms with Gasteiger partial charge in [0.25, 0.3) is 0 Å². The minimum atomic E-state index is -0.394. The molecule has 1 rings (SSSR count). The Labute approximate surface area is 124 Å². The molecule has 0 spiro atoms. The Bertz CT molecular complexity index is 440. The summed E-state index contributed by atoms with van der Waals surface area (Å²) < 4.78 is 9.87. The second-order valence-corrected chi connectivity index (χ2v) is 4.82. The van der Waals surface area contributed by atoms with E-state index in [-0.39, 0.29) is 6.04 Å². The predicted octanol–water partition coefficient (Wildman–Crippen LogP) is 2.29. The van der Waals surface area contributed by atoms with Crippen LogP contribution < -0.4 is 11.1 Å². The minimum absolute atomic E-state index is 0.0916. The van der Waals surface area contributed by atoms with Gasteiger partial charge in [0.1, 0.15) is 0 Å². The van der Waals surface area contributed by atoms with E-state index in [2.05, 4.69) is 5.32 Å². The van der Waals surface area contributed by atoms with E-state index in [4.69, 9.17) is 26.8 Å². The van der Waals surface area contributed by atoms with Gasteiger partial charge in [0.2, 0.25) is 0 Å². The number of rotatable bonds is 8. The molecule has 0 radical (unpaired) electrons. The molecule has 0 bridgehead atoms. The lowest BCUT2D eigenvalue weighted by molar-refractivity contribution is 0.0601. The Morgan fingerprint density at radius 3 is 2.80 bits per heavy atom. The van der Waals surface area contributed by atoms with E-state index >= 15 is 0 Å². The van der Waals surface area contributed by atoms with Crippen LogP contribution in [0.1, 0.15) is 23.2 Å². The lowest BCUT2D eigenvalue weighted by Crippen LogP contribution is -2.26. The molecule has 0 amide bonds. The van der Waals surface area contributed by atoms with Crippen molar-refractivity contribution in [3.8, 4) is 0 Å². The van der Waals surface area contributed by atoms with E-state index in [0.29, 0.717) is 29.4 Å². The van der Waals surface area contributed by atoms with Gasteiger partial charge in [0, 0.05) is 13.2 Å². The fourth-order valence-electron chi connectivity index (χ4n) is 1.86. The molecule has 5 nitrogen and oxygen atoms in total. The number of hydrogen-bond donors (Lipinski definition) is 2. The highest BCUT2D eigenvalue weighted by Gasteiger charge is 2.13. The molecule has 6 heteroatoms. The van der Waals surface area contributed by atoms with Crippen molar-refractivity contribution in [2.75, 3.05) is 32.7 Å². The number of ether oxygens (including phenoxy) is 2. The third-order valence-electron chi connectivity index (χ3n) is 2.87. The molecule has 1 atom stereocenters. The zero-order valence-electron chi connectivity index (χ0n) is 11.8. The van der Waals surface area contributed by atoms with E-state index in [1.807, 2.05) is 0 Å². The topological polar surface area (TPSA) is 73.6 Å². The summed E-state index contributed by atoms with van der Waals surface area (Å²) in [4.78, 5) is 11.5. The number of hydrogen-bond acceptors (Lipinski definition) is 5. The van der Waals surface area contributed by atoms with Gasteiger partial charge in [0.15, 0.2) is 0 Å². The second-order valence-electron chi connectivity index (χ2n) is 4.41. The number of nitrogens with one attached hydrogen (secondary N) is 1. The Balaban J connectivity index is 2.84. The van der Waals surface area contributed by atoms with Gasteiger partial charge < -0.3 is 20.5 Å². The second kappa shape index (κ2) is 8.79. The SMILES string of the molecule is COCC(CCCN)Nc1cc(C(=O)OC)ccc1Cl. The van der Waals surface area contributed by atoms with Crippen LogP contribution in [0.2, 0.25) is 5.02 Å². The first-order valence-electron chi connectivity index (χ1n) is 6.45. The summed E-state index contributed by atoms with van der Waals surface area (Å²) in [5, 5.41) is 3.83. The lowest BCUT2D eigenvalue weighted by Gasteiger charge is -2.20. The van der Waals surface area contributed by atoms with Crippen LogP contribution in [0.4, 0.5) is 5.69 Å². The fourth-order valence-corrected chi connectivity index (χ4v) is 2.04. The highest BCUT2D eigenvalue weighted by atomic mass is 35.5. The van der Waals surface area contributed by atoms with Gasteiger partial charge in [0.05, 0.1) is 30.0 Å². The van der Waals surface area contributed by atoms with Crippen LogP contribution in [0.25, 0.3) is 0 Å². The smallest absolute Gasteiger partial charge is 0.337 e. The van der Waals surface area contributed by atoms with Gasteiger partial charge in [-0.25, -0.2) is 4.79 Å². The molecule has 1 unspecified atom stereocenters. The van der Waals surface area contributed by atoms with E-state index in [0.717, 1.165) is 12.8 Å². The Hall–Kier alpha value is -1.30. The van der Waals surface area contributed by atoms with Crippen molar-refractivity contribution in [1.29, 1.82) is 0 Å². The number of carbonyl (C=O) groups is 1. The Morgan fingerprint density at radius 2 is 2.20 bits per heavy atom. The highest BCUT2D eigenvalue weighted by molar-refractivity contribution is 6.33. The molecule has 0 aromatic heterocycles. The molecule has 3 N–H and O–H groups in total. The fraction of sp³-hybridized carbons (Fsp3) is 0.500. The predicted molar refractivity (Wildman–Crippen MR) is 80.4 cm³/mol. The first kappa shape index (κ1) is 16.8. The summed E-state index contributed by atoms with van der Waals surface area (Å²) in [6.07, 6.45) is 1.75. The number of benzene rings is 1. The number of carbonyl (C=O) groups excluding carboxylic acids is 1. The van der Waals surface area contributed by atoms with Crippen molar-refractivity contribution in [2.24, 2.45) is 5.73 Å². The summed E-state index contributed by atoms with van der Waals surface area (Å²) in [7, 11) is 2.99. The zero-order valence-corrected chi connectivity index (χ0v) is 12.6. The number of esters is 1. The summed E-state index contributed by atoms with van der Waals surface area (Å²) in [6, 6.07) is 5.07. The molecule has 0 fully saturated rings. The quantitative estimate of drug-likeness (QED) is 0.721. The van der Waals surface area contributed by atoms with Crippen LogP contribution in [0.15, 0.2) is 18.2 Å². The van der Waals surface area contributed by atoms with E-state index in [1.165, 1.54) is 7.11 Å². The monoisotopic (exact) mass is 300 g/mol. The molecule has 0 aliphatic rings. The largest absolute Gasteiger partial charge is 0.465 e. The minimum Gasteiger partial charge on any atom is -0.465 e. The third kappa shape index (κ3) is 5.00. The van der Waals surface area contributed by atoms with Crippen LogP contribution >= 0.6 is 11.6 Å². The number of anilines is 1. The summed E-state index contributed by atoms with van der Waals surface area (Å²) in [5.74, 6) is -0.394. The maximum Gasteiger partial charge on any atom is 0.337 e. The third-order valence-corrected chi connectivity index (χ3v) is 3.20. The molecule has 0 aliphatic heterocycles. The molecule has 0 saturated carbocycles. The standard InChI is InChI=1S/C14H21ClN2O3/c1-19-9-11(4-3-7-16)17-13-8-10(14(18)20-2)5-6-12(13)15/h5-6,8,11,17H,3-4,7,9,16H2,1-2H3. The van der Waals surface area contributed by atoms with Crippen molar-refractivity contribution in [3.05, 3.63) is 28.8 Å². The summed E-state index contributed by atoms with van der Waals surface area (Å²) >= 11 is 6.14. The molecule has 0 saturated heterocycles. The van der Waals surface area contributed by atoms with Crippen LogP contribution in [0, 0.1) is 0 Å². The van der Waals surface area contributed by atoms with Crippen molar-refractivity contribution in [1.82, 2.24) is 0 Å². The van der Waals surface area contributed by atoms with Gasteiger partial charge in [-0.05, 0) is 37.6 Å². The van der Waals surface area contributed by atoms with Crippen molar-refractivity contribution in [3.63, 3.8) is 0 Å². The normalized spacial score (nSPS) is 12.0. The average Bonchev–Trinajstić information content (AvgIpc) is 2.46. The average molecular weight is 301 g/mol. The van der Waals surface area contributed by atoms with E-state index < -0.39 is 5.97 Å². The Morgan fingerprint density at radius 1 is 1.45 bits per heavy atom. The van der Waals surface area contributed by atoms with Crippen molar-refractivity contribution in [2.45, 2.75) is 18.9 Å². The molecular formula is C14H21ClN2O3. The van der Waals surface area contributed by atoms with E-state index in [9.17, 15) is 4.79 Å². The lowest BCUT2D eigenvalue weighted by atomic mass is 10.1. The van der Waals surface area contributed by atoms with E-state index in [1.54, 1.807) is 25.3 Å². The molecule has 1 aromatic rings. The van der Waals surface area contributed by atoms with Crippen molar-refractivity contribution >= 4 is 23.3 Å². The van der Waals surface area contributed by atoms with Gasteiger partial charge in [-0.3, -0.25) is 0 Å². The summed E-state index contributed by atoms with van der Waals surface area (Å²) in [5.41, 5.74) is 6.66. The molecule has 1 aromatic carbocycles. The molecule has 0 aliphatic carbocycles. The van der Waals surface area contributed by atoms with Crippen LogP contribution in [-0.4, -0.2) is 39.4 Å². The molecule has 0 heterocycles. The number of halogens is 1. The zero-order chi connectivity index (χ0) is 15.0. The first-order chi connectivity index (χ1) is 9.62. The molecule has 20 heavy (non-hydrogen) atoms. The van der Waals surface area contributed by atoms with Gasteiger partial charge >= 0.3 is 5.97 Å². The molecule has 112 valence electrons.